The highest BCUT2D eigenvalue weighted by Gasteiger charge is 2.32. The fraction of sp³-hybridized carbons (Fsp3) is 0.188. The van der Waals surface area contributed by atoms with Crippen LogP contribution < -0.4 is 4.57 Å². The van der Waals surface area contributed by atoms with Crippen molar-refractivity contribution in [2.75, 3.05) is 0 Å². The molecule has 0 bridgehead atoms. The lowest BCUT2D eigenvalue weighted by atomic mass is 9.82. The molecule has 0 aliphatic rings. The molecule has 0 spiro atoms. The van der Waals surface area contributed by atoms with Crippen molar-refractivity contribution in [1.82, 2.24) is 4.57 Å². The summed E-state index contributed by atoms with van der Waals surface area (Å²) in [6.45, 7) is 16.4. The molecule has 2 heterocycles. The molecule has 0 atom stereocenters. The molecule has 0 fully saturated rings. The van der Waals surface area contributed by atoms with Crippen molar-refractivity contribution >= 4 is 38.7 Å². The van der Waals surface area contributed by atoms with E-state index in [0.29, 0.717) is 5.69 Å². The molecule has 4 aromatic carbocycles. The van der Waals surface area contributed by atoms with Crippen LogP contribution in [-0.4, -0.2) is 4.57 Å². The van der Waals surface area contributed by atoms with Gasteiger partial charge in [0.15, 0.2) is 22.3 Å². The van der Waals surface area contributed by atoms with Gasteiger partial charge < -0.3 is 4.42 Å². The van der Waals surface area contributed by atoms with Crippen LogP contribution in [0.1, 0.15) is 31.9 Å². The number of rotatable bonds is 2. The molecule has 4 heteroatoms. The van der Waals surface area contributed by atoms with E-state index in [1.54, 1.807) is 0 Å². The Balaban J connectivity index is 1.83. The number of hydrogen-bond acceptors (Lipinski definition) is 1. The predicted octanol–water partition coefficient (Wildman–Crippen LogP) is 8.18. The second-order valence-corrected chi connectivity index (χ2v) is 10.5. The van der Waals surface area contributed by atoms with Crippen LogP contribution in [0.25, 0.3) is 54.9 Å². The molecule has 0 saturated heterocycles. The Morgan fingerprint density at radius 2 is 1.64 bits per heavy atom. The Kier molecular flexibility index (Phi) is 4.81. The first-order chi connectivity index (χ1) is 17.3. The first kappa shape index (κ1) is 22.1. The van der Waals surface area contributed by atoms with Crippen LogP contribution in [0.15, 0.2) is 83.3 Å². The maximum Gasteiger partial charge on any atom is 0.298 e. The van der Waals surface area contributed by atoms with Gasteiger partial charge in [-0.25, -0.2) is 9.41 Å². The monoisotopic (exact) mass is 470 g/mol. The van der Waals surface area contributed by atoms with Crippen LogP contribution in [0.4, 0.5) is 5.69 Å². The number of aromatic nitrogens is 2. The predicted molar refractivity (Wildman–Crippen MR) is 147 cm³/mol. The van der Waals surface area contributed by atoms with Crippen molar-refractivity contribution < 1.29 is 8.98 Å². The Morgan fingerprint density at radius 3 is 2.36 bits per heavy atom. The third-order valence-electron chi connectivity index (χ3n) is 7.11. The van der Waals surface area contributed by atoms with Crippen molar-refractivity contribution in [2.45, 2.75) is 33.1 Å². The number of para-hydroxylation sites is 3. The van der Waals surface area contributed by atoms with Gasteiger partial charge in [-0.1, -0.05) is 69.3 Å². The van der Waals surface area contributed by atoms with E-state index in [9.17, 15) is 0 Å². The quantitative estimate of drug-likeness (QED) is 0.185. The minimum absolute atomic E-state index is 0.0782. The van der Waals surface area contributed by atoms with Crippen LogP contribution in [0.5, 0.6) is 0 Å². The maximum absolute atomic E-state index is 7.50. The summed E-state index contributed by atoms with van der Waals surface area (Å²) in [6.07, 6.45) is 0. The highest BCUT2D eigenvalue weighted by atomic mass is 16.3. The van der Waals surface area contributed by atoms with Gasteiger partial charge in [-0.05, 0) is 53.8 Å². The van der Waals surface area contributed by atoms with Crippen LogP contribution in [-0.2, 0) is 12.5 Å². The van der Waals surface area contributed by atoms with Crippen LogP contribution in [0.2, 0.25) is 0 Å². The van der Waals surface area contributed by atoms with Crippen LogP contribution in [0.3, 0.4) is 0 Å². The molecule has 176 valence electrons. The normalized spacial score (nSPS) is 12.0. The number of imidazole rings is 1. The fourth-order valence-electron chi connectivity index (χ4n) is 5.44. The van der Waals surface area contributed by atoms with Gasteiger partial charge in [-0.15, -0.1) is 0 Å². The fourth-order valence-corrected chi connectivity index (χ4v) is 5.44. The van der Waals surface area contributed by atoms with E-state index in [1.165, 1.54) is 5.56 Å². The second kappa shape index (κ2) is 7.83. The number of hydrogen-bond donors (Lipinski definition) is 0. The summed E-state index contributed by atoms with van der Waals surface area (Å²) in [5, 5.41) is 2.17. The summed E-state index contributed by atoms with van der Waals surface area (Å²) in [5.74, 6) is 1.06. The Bertz CT molecular complexity index is 1840. The van der Waals surface area contributed by atoms with Crippen molar-refractivity contribution in [3.63, 3.8) is 0 Å². The zero-order valence-corrected chi connectivity index (χ0v) is 21.3. The van der Waals surface area contributed by atoms with E-state index in [1.807, 2.05) is 24.3 Å². The van der Waals surface area contributed by atoms with Gasteiger partial charge in [-0.2, -0.15) is 4.57 Å². The SMILES string of the molecule is [C-]#[N+]c1ccc2c(c1)oc1c(-c3n(-c4ccccc4)c4ccccc4[n+]3C)c(C)cc(C(C)(C)C)c12. The average Bonchev–Trinajstić information content (AvgIpc) is 3.38. The molecule has 0 aliphatic heterocycles. The van der Waals surface area contributed by atoms with E-state index < -0.39 is 0 Å². The molecule has 0 unspecified atom stereocenters. The molecule has 0 radical (unpaired) electrons. The Hall–Kier alpha value is -4.36. The molecule has 0 N–H and O–H groups in total. The lowest BCUT2D eigenvalue weighted by Crippen LogP contribution is -2.30. The van der Waals surface area contributed by atoms with Crippen LogP contribution in [0, 0.1) is 13.5 Å². The lowest BCUT2D eigenvalue weighted by Gasteiger charge is -2.22. The molecule has 2 aromatic heterocycles. The van der Waals surface area contributed by atoms with Gasteiger partial charge in [0.2, 0.25) is 0 Å². The highest BCUT2D eigenvalue weighted by molar-refractivity contribution is 6.12. The largest absolute Gasteiger partial charge is 0.456 e. The third-order valence-corrected chi connectivity index (χ3v) is 7.11. The minimum Gasteiger partial charge on any atom is -0.456 e. The zero-order chi connectivity index (χ0) is 25.2. The summed E-state index contributed by atoms with van der Waals surface area (Å²) in [4.78, 5) is 3.64. The molecule has 0 amide bonds. The zero-order valence-electron chi connectivity index (χ0n) is 21.3. The van der Waals surface area contributed by atoms with Gasteiger partial charge in [0.25, 0.3) is 5.82 Å². The summed E-state index contributed by atoms with van der Waals surface area (Å²) < 4.78 is 11.3. The lowest BCUT2D eigenvalue weighted by molar-refractivity contribution is -0.633. The molecular weight excluding hydrogens is 442 g/mol. The molecule has 6 aromatic rings. The average molecular weight is 471 g/mol. The number of aryl methyl sites for hydroxylation is 2. The molecule has 4 nitrogen and oxygen atoms in total. The number of furan rings is 1. The van der Waals surface area contributed by atoms with Gasteiger partial charge in [0.1, 0.15) is 16.8 Å². The standard InChI is InChI=1S/C32H28N3O/c1-20-18-24(32(2,3)4)29-23-17-16-21(33-5)19-27(23)36-30(29)28(20)31-34(6)25-14-10-11-15-26(25)35(31)22-12-8-7-9-13-22/h7-19H,1-4,6H3/q+1. The smallest absolute Gasteiger partial charge is 0.298 e. The summed E-state index contributed by atoms with van der Waals surface area (Å²) >= 11 is 0. The van der Waals surface area contributed by atoms with Crippen molar-refractivity contribution in [2.24, 2.45) is 7.05 Å². The first-order valence-electron chi connectivity index (χ1n) is 12.2. The molecule has 36 heavy (non-hydrogen) atoms. The number of nitrogens with zero attached hydrogens (tertiary/aromatic N) is 3. The van der Waals surface area contributed by atoms with Crippen molar-refractivity contribution in [3.8, 4) is 17.1 Å². The van der Waals surface area contributed by atoms with E-state index >= 15 is 0 Å². The van der Waals surface area contributed by atoms with Gasteiger partial charge >= 0.3 is 0 Å². The van der Waals surface area contributed by atoms with Gasteiger partial charge in [0.05, 0.1) is 13.6 Å². The van der Waals surface area contributed by atoms with Crippen molar-refractivity contribution in [1.29, 1.82) is 0 Å². The summed E-state index contributed by atoms with van der Waals surface area (Å²) in [6, 6.07) is 27.1. The summed E-state index contributed by atoms with van der Waals surface area (Å²) in [5.41, 5.74) is 8.99. The molecule has 6 rings (SSSR count). The van der Waals surface area contributed by atoms with E-state index in [-0.39, 0.29) is 5.41 Å². The van der Waals surface area contributed by atoms with Gasteiger partial charge in [-0.3, -0.25) is 0 Å². The maximum atomic E-state index is 7.50. The minimum atomic E-state index is -0.0782. The summed E-state index contributed by atoms with van der Waals surface area (Å²) in [7, 11) is 2.12. The van der Waals surface area contributed by atoms with E-state index in [4.69, 9.17) is 11.0 Å². The number of fused-ring (bicyclic) bond motifs is 4. The molecular formula is C32H28N3O+. The molecule has 0 aliphatic carbocycles. The second-order valence-electron chi connectivity index (χ2n) is 10.5. The highest BCUT2D eigenvalue weighted by Crippen LogP contribution is 2.44. The van der Waals surface area contributed by atoms with E-state index in [2.05, 4.69) is 103 Å². The van der Waals surface area contributed by atoms with E-state index in [0.717, 1.165) is 55.6 Å². The first-order valence-corrected chi connectivity index (χ1v) is 12.2. The van der Waals surface area contributed by atoms with Crippen LogP contribution >= 0.6 is 0 Å². The molecule has 0 saturated carbocycles. The Morgan fingerprint density at radius 1 is 0.917 bits per heavy atom. The Labute approximate surface area is 210 Å². The van der Waals surface area contributed by atoms with Crippen molar-refractivity contribution in [3.05, 3.63) is 101 Å². The number of benzene rings is 4. The third kappa shape index (κ3) is 3.17. The van der Waals surface area contributed by atoms with Gasteiger partial charge in [0, 0.05) is 10.8 Å². The topological polar surface area (TPSA) is 26.3 Å².